The van der Waals surface area contributed by atoms with Crippen molar-refractivity contribution in [2.24, 2.45) is 0 Å². The van der Waals surface area contributed by atoms with Crippen molar-refractivity contribution in [1.82, 2.24) is 9.97 Å². The molecule has 1 saturated heterocycles. The summed E-state index contributed by atoms with van der Waals surface area (Å²) in [6.07, 6.45) is 4.23. The third kappa shape index (κ3) is 3.08. The summed E-state index contributed by atoms with van der Waals surface area (Å²) in [4.78, 5) is 8.65. The number of hydrogen-bond donors (Lipinski definition) is 1. The van der Waals surface area contributed by atoms with E-state index < -0.39 is 0 Å². The first kappa shape index (κ1) is 11.2. The van der Waals surface area contributed by atoms with Crippen LogP contribution in [0.4, 0.5) is 5.95 Å². The Morgan fingerprint density at radius 2 is 2.20 bits per heavy atom. The highest BCUT2D eigenvalue weighted by molar-refractivity contribution is 9.10. The predicted molar refractivity (Wildman–Crippen MR) is 68.4 cm³/mol. The number of aryl methyl sites for hydroxylation is 1. The summed E-state index contributed by atoms with van der Waals surface area (Å²) in [5, 5.41) is 3.39. The molecule has 82 valence electrons. The van der Waals surface area contributed by atoms with Gasteiger partial charge < -0.3 is 5.32 Å². The van der Waals surface area contributed by atoms with Gasteiger partial charge in [-0.2, -0.15) is 11.8 Å². The van der Waals surface area contributed by atoms with E-state index in [-0.39, 0.29) is 0 Å². The highest BCUT2D eigenvalue weighted by Crippen LogP contribution is 2.20. The molecule has 0 radical (unpaired) electrons. The fourth-order valence-electron chi connectivity index (χ4n) is 1.55. The van der Waals surface area contributed by atoms with Crippen LogP contribution in [0.25, 0.3) is 0 Å². The minimum atomic E-state index is 0.548. The maximum atomic E-state index is 4.39. The normalized spacial score (nSPS) is 17.7. The highest BCUT2D eigenvalue weighted by Gasteiger charge is 2.14. The third-order valence-electron chi connectivity index (χ3n) is 2.47. The molecule has 0 aliphatic carbocycles. The van der Waals surface area contributed by atoms with E-state index in [1.165, 1.54) is 24.3 Å². The van der Waals surface area contributed by atoms with Gasteiger partial charge in [-0.25, -0.2) is 9.97 Å². The first-order valence-corrected chi connectivity index (χ1v) is 7.04. The van der Waals surface area contributed by atoms with Gasteiger partial charge in [0, 0.05) is 12.2 Å². The van der Waals surface area contributed by atoms with Crippen molar-refractivity contribution in [2.45, 2.75) is 25.8 Å². The van der Waals surface area contributed by atoms with Crippen molar-refractivity contribution in [2.75, 3.05) is 16.8 Å². The Hall–Kier alpha value is -0.290. The largest absolute Gasteiger partial charge is 0.351 e. The Bertz CT molecular complexity index is 339. The third-order valence-corrected chi connectivity index (χ3v) is 4.30. The molecule has 15 heavy (non-hydrogen) atoms. The maximum absolute atomic E-state index is 4.39. The summed E-state index contributed by atoms with van der Waals surface area (Å²) < 4.78 is 0.965. The van der Waals surface area contributed by atoms with Gasteiger partial charge in [-0.05, 0) is 47.2 Å². The van der Waals surface area contributed by atoms with Gasteiger partial charge in [0.2, 0.25) is 5.95 Å². The van der Waals surface area contributed by atoms with Crippen molar-refractivity contribution in [3.8, 4) is 0 Å². The summed E-state index contributed by atoms with van der Waals surface area (Å²) >= 11 is 5.42. The van der Waals surface area contributed by atoms with Crippen molar-refractivity contribution in [1.29, 1.82) is 0 Å². The van der Waals surface area contributed by atoms with E-state index in [4.69, 9.17) is 0 Å². The van der Waals surface area contributed by atoms with Gasteiger partial charge in [0.15, 0.2) is 0 Å². The quantitative estimate of drug-likeness (QED) is 0.908. The number of nitrogens with zero attached hydrogens (tertiary/aromatic N) is 2. The van der Waals surface area contributed by atoms with E-state index in [1.807, 2.05) is 24.9 Å². The number of thioether (sulfide) groups is 1. The zero-order valence-corrected chi connectivity index (χ0v) is 11.1. The van der Waals surface area contributed by atoms with E-state index >= 15 is 0 Å². The second kappa shape index (κ2) is 5.16. The molecule has 1 aliphatic heterocycles. The Balaban J connectivity index is 2.00. The molecule has 1 aromatic rings. The van der Waals surface area contributed by atoms with Crippen LogP contribution in [-0.2, 0) is 0 Å². The van der Waals surface area contributed by atoms with Crippen LogP contribution >= 0.6 is 27.7 Å². The summed E-state index contributed by atoms with van der Waals surface area (Å²) in [7, 11) is 0. The summed E-state index contributed by atoms with van der Waals surface area (Å²) in [5.41, 5.74) is 0.984. The summed E-state index contributed by atoms with van der Waals surface area (Å²) in [5.74, 6) is 3.24. The fourth-order valence-corrected chi connectivity index (χ4v) is 2.84. The molecular formula is C10H14BrN3S. The average Bonchev–Trinajstić information content (AvgIpc) is 2.25. The van der Waals surface area contributed by atoms with Gasteiger partial charge in [-0.15, -0.1) is 0 Å². The van der Waals surface area contributed by atoms with E-state index in [1.54, 1.807) is 0 Å². The lowest BCUT2D eigenvalue weighted by molar-refractivity contribution is 0.659. The minimum absolute atomic E-state index is 0.548. The average molecular weight is 288 g/mol. The van der Waals surface area contributed by atoms with Crippen LogP contribution in [0.2, 0.25) is 0 Å². The molecule has 0 spiro atoms. The number of rotatable bonds is 2. The molecule has 0 atom stereocenters. The van der Waals surface area contributed by atoms with Crippen molar-refractivity contribution in [3.63, 3.8) is 0 Å². The van der Waals surface area contributed by atoms with Gasteiger partial charge in [-0.1, -0.05) is 0 Å². The van der Waals surface area contributed by atoms with Gasteiger partial charge in [-0.3, -0.25) is 0 Å². The van der Waals surface area contributed by atoms with E-state index in [9.17, 15) is 0 Å². The molecule has 0 unspecified atom stereocenters. The number of anilines is 1. The molecular weight excluding hydrogens is 274 g/mol. The van der Waals surface area contributed by atoms with Crippen LogP contribution in [0.15, 0.2) is 10.7 Å². The maximum Gasteiger partial charge on any atom is 0.223 e. The lowest BCUT2D eigenvalue weighted by Gasteiger charge is -2.22. The SMILES string of the molecule is Cc1nc(NC2CCSCC2)ncc1Br. The smallest absolute Gasteiger partial charge is 0.223 e. The van der Waals surface area contributed by atoms with Crippen LogP contribution in [0.5, 0.6) is 0 Å². The monoisotopic (exact) mass is 287 g/mol. The first-order valence-electron chi connectivity index (χ1n) is 5.09. The van der Waals surface area contributed by atoms with E-state index in [2.05, 4.69) is 31.2 Å². The van der Waals surface area contributed by atoms with Gasteiger partial charge >= 0.3 is 0 Å². The molecule has 1 aromatic heterocycles. The van der Waals surface area contributed by atoms with Gasteiger partial charge in [0.25, 0.3) is 0 Å². The van der Waals surface area contributed by atoms with Crippen molar-refractivity contribution >= 4 is 33.6 Å². The minimum Gasteiger partial charge on any atom is -0.351 e. The molecule has 1 N–H and O–H groups in total. The van der Waals surface area contributed by atoms with Crippen LogP contribution in [0.1, 0.15) is 18.5 Å². The molecule has 5 heteroatoms. The molecule has 1 fully saturated rings. The number of hydrogen-bond acceptors (Lipinski definition) is 4. The van der Waals surface area contributed by atoms with E-state index in [0.29, 0.717) is 6.04 Å². The Morgan fingerprint density at radius 3 is 2.87 bits per heavy atom. The molecule has 0 bridgehead atoms. The Kier molecular flexibility index (Phi) is 3.86. The predicted octanol–water partition coefficient (Wildman–Crippen LogP) is 2.86. The highest BCUT2D eigenvalue weighted by atomic mass is 79.9. The zero-order valence-electron chi connectivity index (χ0n) is 8.66. The number of aromatic nitrogens is 2. The second-order valence-electron chi connectivity index (χ2n) is 3.66. The first-order chi connectivity index (χ1) is 7.25. The molecule has 1 aliphatic rings. The van der Waals surface area contributed by atoms with Gasteiger partial charge in [0.1, 0.15) is 0 Å². The fraction of sp³-hybridized carbons (Fsp3) is 0.600. The van der Waals surface area contributed by atoms with Gasteiger partial charge in [0.05, 0.1) is 10.2 Å². The molecule has 0 amide bonds. The van der Waals surface area contributed by atoms with Crippen LogP contribution in [-0.4, -0.2) is 27.5 Å². The zero-order chi connectivity index (χ0) is 10.7. The molecule has 3 nitrogen and oxygen atoms in total. The van der Waals surface area contributed by atoms with Crippen molar-refractivity contribution < 1.29 is 0 Å². The Morgan fingerprint density at radius 1 is 1.47 bits per heavy atom. The van der Waals surface area contributed by atoms with Crippen LogP contribution in [0, 0.1) is 6.92 Å². The van der Waals surface area contributed by atoms with Crippen molar-refractivity contribution in [3.05, 3.63) is 16.4 Å². The van der Waals surface area contributed by atoms with Crippen LogP contribution < -0.4 is 5.32 Å². The van der Waals surface area contributed by atoms with E-state index in [0.717, 1.165) is 16.1 Å². The number of halogens is 1. The summed E-state index contributed by atoms with van der Waals surface area (Å²) in [6, 6.07) is 0.548. The molecule has 0 aromatic carbocycles. The number of nitrogens with one attached hydrogen (secondary N) is 1. The lowest BCUT2D eigenvalue weighted by atomic mass is 10.2. The standard InChI is InChI=1S/C10H14BrN3S/c1-7-9(11)6-12-10(13-7)14-8-2-4-15-5-3-8/h6,8H,2-5H2,1H3,(H,12,13,14). The van der Waals surface area contributed by atoms with Crippen LogP contribution in [0.3, 0.4) is 0 Å². The molecule has 2 heterocycles. The topological polar surface area (TPSA) is 37.8 Å². The molecule has 2 rings (SSSR count). The second-order valence-corrected chi connectivity index (χ2v) is 5.74. The summed E-state index contributed by atoms with van der Waals surface area (Å²) in [6.45, 7) is 1.98. The molecule has 0 saturated carbocycles. The lowest BCUT2D eigenvalue weighted by Crippen LogP contribution is -2.25. The Labute approximate surface area is 103 Å².